The second kappa shape index (κ2) is 7.24. The van der Waals surface area contributed by atoms with Crippen molar-refractivity contribution in [1.29, 1.82) is 0 Å². The van der Waals surface area contributed by atoms with Gasteiger partial charge in [-0.15, -0.1) is 0 Å². The molecule has 0 bridgehead atoms. The standard InChI is InChI=1S/C19H19Cl2NO3/c1-19(24)10-11-22(18(23)15-4-2-3-5-16(15)21)12-17(19)25-14-8-6-13(20)7-9-14/h2-9,17,24H,10-12H2,1H3/t17-,19-/m0/s1. The van der Waals surface area contributed by atoms with E-state index in [0.717, 1.165) is 0 Å². The molecule has 0 spiro atoms. The molecule has 0 unspecified atom stereocenters. The van der Waals surface area contributed by atoms with E-state index < -0.39 is 11.7 Å². The minimum Gasteiger partial charge on any atom is -0.486 e. The SMILES string of the molecule is C[C@]1(O)CCN(C(=O)c2ccccc2Cl)C[C@@H]1Oc1ccc(Cl)cc1. The molecule has 132 valence electrons. The molecule has 6 heteroatoms. The number of amides is 1. The second-order valence-corrected chi connectivity index (χ2v) is 7.24. The Labute approximate surface area is 156 Å². The molecule has 0 saturated carbocycles. The molecule has 1 saturated heterocycles. The van der Waals surface area contributed by atoms with Crippen molar-refractivity contribution in [2.24, 2.45) is 0 Å². The van der Waals surface area contributed by atoms with Crippen molar-refractivity contribution in [2.75, 3.05) is 13.1 Å². The lowest BCUT2D eigenvalue weighted by molar-refractivity contribution is -0.0881. The number of benzene rings is 2. The summed E-state index contributed by atoms with van der Waals surface area (Å²) >= 11 is 12.0. The average Bonchev–Trinajstić information content (AvgIpc) is 2.58. The van der Waals surface area contributed by atoms with Gasteiger partial charge in [-0.25, -0.2) is 0 Å². The number of hydrogen-bond acceptors (Lipinski definition) is 3. The highest BCUT2D eigenvalue weighted by molar-refractivity contribution is 6.33. The Hall–Kier alpha value is -1.75. The molecule has 1 amide bonds. The summed E-state index contributed by atoms with van der Waals surface area (Å²) in [5.74, 6) is 0.438. The summed E-state index contributed by atoms with van der Waals surface area (Å²) in [4.78, 5) is 14.4. The van der Waals surface area contributed by atoms with Crippen LogP contribution in [0.4, 0.5) is 0 Å². The van der Waals surface area contributed by atoms with Gasteiger partial charge >= 0.3 is 0 Å². The van der Waals surface area contributed by atoms with E-state index in [1.165, 1.54) is 0 Å². The van der Waals surface area contributed by atoms with Gasteiger partial charge < -0.3 is 14.7 Å². The number of rotatable bonds is 3. The summed E-state index contributed by atoms with van der Waals surface area (Å²) in [6.45, 7) is 2.45. The number of carbonyl (C=O) groups excluding carboxylic acids is 1. The summed E-state index contributed by atoms with van der Waals surface area (Å²) < 4.78 is 5.94. The summed E-state index contributed by atoms with van der Waals surface area (Å²) in [5.41, 5.74) is -0.576. The third-order valence-corrected chi connectivity index (χ3v) is 5.03. The molecule has 0 aliphatic carbocycles. The molecule has 2 atom stereocenters. The van der Waals surface area contributed by atoms with Gasteiger partial charge in [0.15, 0.2) is 0 Å². The van der Waals surface area contributed by atoms with Crippen molar-refractivity contribution in [3.05, 3.63) is 64.1 Å². The van der Waals surface area contributed by atoms with E-state index in [0.29, 0.717) is 34.3 Å². The van der Waals surface area contributed by atoms with Crippen LogP contribution in [0.5, 0.6) is 5.75 Å². The molecule has 1 heterocycles. The van der Waals surface area contributed by atoms with Crippen molar-refractivity contribution in [2.45, 2.75) is 25.0 Å². The highest BCUT2D eigenvalue weighted by Gasteiger charge is 2.41. The normalized spacial score (nSPS) is 23.4. The van der Waals surface area contributed by atoms with E-state index in [-0.39, 0.29) is 12.5 Å². The number of carbonyl (C=O) groups is 1. The lowest BCUT2D eigenvalue weighted by Gasteiger charge is -2.42. The van der Waals surface area contributed by atoms with E-state index >= 15 is 0 Å². The van der Waals surface area contributed by atoms with E-state index in [2.05, 4.69) is 0 Å². The predicted octanol–water partition coefficient (Wildman–Crippen LogP) is 4.04. The molecule has 1 aliphatic heterocycles. The Morgan fingerprint density at radius 3 is 2.56 bits per heavy atom. The number of piperidine rings is 1. The van der Waals surface area contributed by atoms with Crippen LogP contribution in [0.2, 0.25) is 10.0 Å². The van der Waals surface area contributed by atoms with Gasteiger partial charge in [0.1, 0.15) is 17.5 Å². The van der Waals surface area contributed by atoms with E-state index in [9.17, 15) is 9.90 Å². The number of likely N-dealkylation sites (tertiary alicyclic amines) is 1. The molecule has 0 aromatic heterocycles. The first-order valence-electron chi connectivity index (χ1n) is 8.05. The zero-order chi connectivity index (χ0) is 18.0. The average molecular weight is 380 g/mol. The first-order valence-corrected chi connectivity index (χ1v) is 8.81. The molecule has 4 nitrogen and oxygen atoms in total. The number of ether oxygens (including phenoxy) is 1. The fourth-order valence-corrected chi connectivity index (χ4v) is 3.18. The predicted molar refractivity (Wildman–Crippen MR) is 98.5 cm³/mol. The summed E-state index contributed by atoms with van der Waals surface area (Å²) in [6.07, 6.45) is -0.129. The maximum atomic E-state index is 12.8. The van der Waals surface area contributed by atoms with Crippen LogP contribution in [0.3, 0.4) is 0 Å². The van der Waals surface area contributed by atoms with Crippen molar-refractivity contribution in [3.8, 4) is 5.75 Å². The van der Waals surface area contributed by atoms with Crippen LogP contribution in [0.1, 0.15) is 23.7 Å². The van der Waals surface area contributed by atoms with Crippen molar-refractivity contribution < 1.29 is 14.6 Å². The lowest BCUT2D eigenvalue weighted by atomic mass is 9.90. The maximum absolute atomic E-state index is 12.8. The molecule has 25 heavy (non-hydrogen) atoms. The molecule has 1 N–H and O–H groups in total. The first-order chi connectivity index (χ1) is 11.9. The fraction of sp³-hybridized carbons (Fsp3) is 0.316. The van der Waals surface area contributed by atoms with Gasteiger partial charge in [-0.05, 0) is 49.7 Å². The lowest BCUT2D eigenvalue weighted by Crippen LogP contribution is -2.57. The Morgan fingerprint density at radius 1 is 1.20 bits per heavy atom. The van der Waals surface area contributed by atoms with E-state index in [1.807, 2.05) is 0 Å². The molecule has 1 fully saturated rings. The smallest absolute Gasteiger partial charge is 0.255 e. The van der Waals surface area contributed by atoms with Crippen LogP contribution in [0, 0.1) is 0 Å². The highest BCUT2D eigenvalue weighted by atomic mass is 35.5. The van der Waals surface area contributed by atoms with Crippen LogP contribution >= 0.6 is 23.2 Å². The molecule has 1 aliphatic rings. The van der Waals surface area contributed by atoms with E-state index in [4.69, 9.17) is 27.9 Å². The summed E-state index contributed by atoms with van der Waals surface area (Å²) in [6, 6.07) is 13.9. The third-order valence-electron chi connectivity index (χ3n) is 4.45. The summed E-state index contributed by atoms with van der Waals surface area (Å²) in [7, 11) is 0. The minimum atomic E-state index is -1.03. The molecular weight excluding hydrogens is 361 g/mol. The number of nitrogens with zero attached hydrogens (tertiary/aromatic N) is 1. The van der Waals surface area contributed by atoms with Crippen LogP contribution in [-0.4, -0.2) is 40.7 Å². The number of halogens is 2. The van der Waals surface area contributed by atoms with Gasteiger partial charge in [0.25, 0.3) is 5.91 Å². The van der Waals surface area contributed by atoms with Crippen molar-refractivity contribution >= 4 is 29.1 Å². The van der Waals surface area contributed by atoms with Crippen LogP contribution < -0.4 is 4.74 Å². The Morgan fingerprint density at radius 2 is 1.88 bits per heavy atom. The topological polar surface area (TPSA) is 49.8 Å². The Kier molecular flexibility index (Phi) is 5.23. The number of aliphatic hydroxyl groups is 1. The van der Waals surface area contributed by atoms with Crippen LogP contribution in [0.15, 0.2) is 48.5 Å². The first kappa shape index (κ1) is 18.1. The zero-order valence-corrected chi connectivity index (χ0v) is 15.3. The second-order valence-electron chi connectivity index (χ2n) is 6.40. The minimum absolute atomic E-state index is 0.161. The highest BCUT2D eigenvalue weighted by Crippen LogP contribution is 2.29. The van der Waals surface area contributed by atoms with Gasteiger partial charge in [-0.3, -0.25) is 4.79 Å². The van der Waals surface area contributed by atoms with Crippen molar-refractivity contribution in [1.82, 2.24) is 4.90 Å². The molecule has 2 aromatic rings. The molecule has 0 radical (unpaired) electrons. The fourth-order valence-electron chi connectivity index (χ4n) is 2.84. The zero-order valence-electron chi connectivity index (χ0n) is 13.8. The third kappa shape index (κ3) is 4.09. The van der Waals surface area contributed by atoms with Gasteiger partial charge in [-0.2, -0.15) is 0 Å². The molecule has 3 rings (SSSR count). The van der Waals surface area contributed by atoms with Gasteiger partial charge in [-0.1, -0.05) is 35.3 Å². The number of hydrogen-bond donors (Lipinski definition) is 1. The maximum Gasteiger partial charge on any atom is 0.255 e. The van der Waals surface area contributed by atoms with Crippen LogP contribution in [0.25, 0.3) is 0 Å². The molecule has 2 aromatic carbocycles. The monoisotopic (exact) mass is 379 g/mol. The van der Waals surface area contributed by atoms with Gasteiger partial charge in [0.2, 0.25) is 0 Å². The Bertz CT molecular complexity index is 762. The van der Waals surface area contributed by atoms with Crippen LogP contribution in [-0.2, 0) is 0 Å². The molecular formula is C19H19Cl2NO3. The largest absolute Gasteiger partial charge is 0.486 e. The van der Waals surface area contributed by atoms with Gasteiger partial charge in [0, 0.05) is 11.6 Å². The quantitative estimate of drug-likeness (QED) is 0.875. The summed E-state index contributed by atoms with van der Waals surface area (Å²) in [5, 5.41) is 11.7. The Balaban J connectivity index is 1.77. The van der Waals surface area contributed by atoms with Crippen molar-refractivity contribution in [3.63, 3.8) is 0 Å². The van der Waals surface area contributed by atoms with Gasteiger partial charge in [0.05, 0.1) is 17.1 Å². The van der Waals surface area contributed by atoms with E-state index in [1.54, 1.807) is 60.4 Å².